The van der Waals surface area contributed by atoms with Crippen LogP contribution < -0.4 is 5.73 Å². The topological polar surface area (TPSA) is 29.3 Å². The van der Waals surface area contributed by atoms with Crippen molar-refractivity contribution in [1.82, 2.24) is 4.90 Å². The van der Waals surface area contributed by atoms with Gasteiger partial charge in [-0.3, -0.25) is 4.90 Å². The average molecular weight is 273 g/mol. The fourth-order valence-electron chi connectivity index (χ4n) is 1.93. The highest BCUT2D eigenvalue weighted by atomic mass is 35.5. The zero-order valence-electron chi connectivity index (χ0n) is 11.5. The molecule has 0 fully saturated rings. The van der Waals surface area contributed by atoms with Crippen molar-refractivity contribution < 1.29 is 4.39 Å². The Bertz CT molecular complexity index is 407. The summed E-state index contributed by atoms with van der Waals surface area (Å²) in [6, 6.07) is 4.45. The van der Waals surface area contributed by atoms with Gasteiger partial charge in [0.25, 0.3) is 0 Å². The van der Waals surface area contributed by atoms with E-state index in [1.807, 2.05) is 7.05 Å². The van der Waals surface area contributed by atoms with Crippen LogP contribution in [-0.4, -0.2) is 24.0 Å². The molecule has 2 N–H and O–H groups in total. The summed E-state index contributed by atoms with van der Waals surface area (Å²) in [5, 5.41) is 0.535. The number of hydrogen-bond acceptors (Lipinski definition) is 2. The molecule has 0 amide bonds. The van der Waals surface area contributed by atoms with Crippen molar-refractivity contribution in [3.05, 3.63) is 34.6 Å². The van der Waals surface area contributed by atoms with Crippen LogP contribution in [0.15, 0.2) is 18.2 Å². The third kappa shape index (κ3) is 3.22. The molecular weight excluding hydrogens is 251 g/mol. The normalized spacial score (nSPS) is 14.0. The summed E-state index contributed by atoms with van der Waals surface area (Å²) in [5.74, 6) is -0.256. The Balaban J connectivity index is 3.13. The molecule has 18 heavy (non-hydrogen) atoms. The third-order valence-electron chi connectivity index (χ3n) is 3.83. The van der Waals surface area contributed by atoms with E-state index < -0.39 is 0 Å². The Morgan fingerprint density at radius 3 is 2.56 bits per heavy atom. The molecule has 0 saturated carbocycles. The molecule has 0 aliphatic rings. The quantitative estimate of drug-likeness (QED) is 0.887. The predicted octanol–water partition coefficient (Wildman–Crippen LogP) is 3.60. The van der Waals surface area contributed by atoms with Gasteiger partial charge >= 0.3 is 0 Å². The lowest BCUT2D eigenvalue weighted by Crippen LogP contribution is -2.45. The number of likely N-dealkylation sites (N-methyl/N-ethyl adjacent to an activating group) is 1. The molecular formula is C14H22ClFN2. The van der Waals surface area contributed by atoms with E-state index in [4.69, 9.17) is 17.3 Å². The van der Waals surface area contributed by atoms with E-state index in [1.54, 1.807) is 12.1 Å². The second-order valence-electron chi connectivity index (χ2n) is 5.19. The minimum atomic E-state index is -0.256. The second-order valence-corrected chi connectivity index (χ2v) is 5.63. The molecule has 1 aromatic rings. The van der Waals surface area contributed by atoms with Crippen LogP contribution in [-0.2, 0) is 0 Å². The lowest BCUT2D eigenvalue weighted by Gasteiger charge is -2.40. The van der Waals surface area contributed by atoms with Crippen molar-refractivity contribution in [2.24, 2.45) is 5.73 Å². The SMILES string of the molecule is CCC(C)(C)N(C)C(CN)c1cc(Cl)ccc1F. The Morgan fingerprint density at radius 2 is 2.06 bits per heavy atom. The van der Waals surface area contributed by atoms with E-state index in [1.165, 1.54) is 6.07 Å². The Kier molecular flexibility index (Phi) is 5.14. The van der Waals surface area contributed by atoms with Crippen LogP contribution in [0, 0.1) is 5.82 Å². The van der Waals surface area contributed by atoms with Crippen molar-refractivity contribution in [2.75, 3.05) is 13.6 Å². The van der Waals surface area contributed by atoms with E-state index in [2.05, 4.69) is 25.7 Å². The van der Waals surface area contributed by atoms with Gasteiger partial charge in [-0.2, -0.15) is 0 Å². The third-order valence-corrected chi connectivity index (χ3v) is 4.06. The van der Waals surface area contributed by atoms with E-state index >= 15 is 0 Å². The Labute approximate surface area is 114 Å². The summed E-state index contributed by atoms with van der Waals surface area (Å²) in [6.07, 6.45) is 0.961. The number of benzene rings is 1. The van der Waals surface area contributed by atoms with Crippen LogP contribution in [0.25, 0.3) is 0 Å². The fraction of sp³-hybridized carbons (Fsp3) is 0.571. The smallest absolute Gasteiger partial charge is 0.128 e. The molecule has 0 aromatic heterocycles. The van der Waals surface area contributed by atoms with Crippen LogP contribution in [0.3, 0.4) is 0 Å². The zero-order valence-corrected chi connectivity index (χ0v) is 12.3. The second kappa shape index (κ2) is 6.00. The van der Waals surface area contributed by atoms with Crippen molar-refractivity contribution in [3.63, 3.8) is 0 Å². The molecule has 1 rings (SSSR count). The largest absolute Gasteiger partial charge is 0.329 e. The number of hydrogen-bond donors (Lipinski definition) is 1. The van der Waals surface area contributed by atoms with Crippen molar-refractivity contribution >= 4 is 11.6 Å². The van der Waals surface area contributed by atoms with Gasteiger partial charge in [-0.15, -0.1) is 0 Å². The van der Waals surface area contributed by atoms with Crippen molar-refractivity contribution in [1.29, 1.82) is 0 Å². The first kappa shape index (κ1) is 15.4. The Hall–Kier alpha value is -0.640. The maximum atomic E-state index is 13.9. The van der Waals surface area contributed by atoms with Gasteiger partial charge in [0, 0.05) is 22.7 Å². The maximum Gasteiger partial charge on any atom is 0.128 e. The summed E-state index contributed by atoms with van der Waals surface area (Å²) >= 11 is 5.94. The maximum absolute atomic E-state index is 13.9. The molecule has 0 heterocycles. The molecule has 0 spiro atoms. The first-order chi connectivity index (χ1) is 8.33. The standard InChI is InChI=1S/C14H22ClFN2/c1-5-14(2,3)18(4)13(9-17)11-8-10(15)6-7-12(11)16/h6-8,13H,5,9,17H2,1-4H3. The molecule has 0 radical (unpaired) electrons. The van der Waals surface area contributed by atoms with Crippen LogP contribution in [0.1, 0.15) is 38.8 Å². The van der Waals surface area contributed by atoms with Crippen LogP contribution in [0.4, 0.5) is 4.39 Å². The molecule has 1 atom stereocenters. The number of rotatable bonds is 5. The Morgan fingerprint density at radius 1 is 1.44 bits per heavy atom. The molecule has 0 aliphatic carbocycles. The first-order valence-electron chi connectivity index (χ1n) is 6.21. The van der Waals surface area contributed by atoms with Gasteiger partial charge in [-0.1, -0.05) is 18.5 Å². The van der Waals surface area contributed by atoms with Gasteiger partial charge in [0.1, 0.15) is 5.82 Å². The van der Waals surface area contributed by atoms with Crippen molar-refractivity contribution in [3.8, 4) is 0 Å². The van der Waals surface area contributed by atoms with Crippen LogP contribution in [0.5, 0.6) is 0 Å². The molecule has 0 bridgehead atoms. The monoisotopic (exact) mass is 272 g/mol. The highest BCUT2D eigenvalue weighted by Gasteiger charge is 2.29. The molecule has 2 nitrogen and oxygen atoms in total. The molecule has 102 valence electrons. The van der Waals surface area contributed by atoms with E-state index in [0.717, 1.165) is 6.42 Å². The molecule has 0 saturated heterocycles. The average Bonchev–Trinajstić information content (AvgIpc) is 2.34. The predicted molar refractivity (Wildman–Crippen MR) is 75.3 cm³/mol. The van der Waals surface area contributed by atoms with Gasteiger partial charge in [-0.25, -0.2) is 4.39 Å². The van der Waals surface area contributed by atoms with Crippen LogP contribution in [0.2, 0.25) is 5.02 Å². The highest BCUT2D eigenvalue weighted by Crippen LogP contribution is 2.30. The van der Waals surface area contributed by atoms with Gasteiger partial charge in [0.15, 0.2) is 0 Å². The van der Waals surface area contributed by atoms with E-state index in [-0.39, 0.29) is 17.4 Å². The van der Waals surface area contributed by atoms with Crippen LogP contribution >= 0.6 is 11.6 Å². The zero-order chi connectivity index (χ0) is 13.9. The van der Waals surface area contributed by atoms with Crippen molar-refractivity contribution in [2.45, 2.75) is 38.8 Å². The molecule has 0 aliphatic heterocycles. The minimum Gasteiger partial charge on any atom is -0.329 e. The van der Waals surface area contributed by atoms with Gasteiger partial charge < -0.3 is 5.73 Å². The fourth-order valence-corrected chi connectivity index (χ4v) is 2.12. The summed E-state index contributed by atoms with van der Waals surface area (Å²) in [4.78, 5) is 2.11. The molecule has 4 heteroatoms. The van der Waals surface area contributed by atoms with E-state index in [9.17, 15) is 4.39 Å². The highest BCUT2D eigenvalue weighted by molar-refractivity contribution is 6.30. The van der Waals surface area contributed by atoms with Gasteiger partial charge in [-0.05, 0) is 45.5 Å². The molecule has 1 aromatic carbocycles. The summed E-state index contributed by atoms with van der Waals surface area (Å²) in [5.41, 5.74) is 6.35. The first-order valence-corrected chi connectivity index (χ1v) is 6.59. The summed E-state index contributed by atoms with van der Waals surface area (Å²) in [7, 11) is 1.97. The van der Waals surface area contributed by atoms with E-state index in [0.29, 0.717) is 17.1 Å². The minimum absolute atomic E-state index is 0.0429. The lowest BCUT2D eigenvalue weighted by molar-refractivity contribution is 0.0985. The molecule has 1 unspecified atom stereocenters. The summed E-state index contributed by atoms with van der Waals surface area (Å²) < 4.78 is 13.9. The number of halogens is 2. The van der Waals surface area contributed by atoms with Gasteiger partial charge in [0.05, 0.1) is 6.04 Å². The van der Waals surface area contributed by atoms with Gasteiger partial charge in [0.2, 0.25) is 0 Å². The number of nitrogens with zero attached hydrogens (tertiary/aromatic N) is 1. The summed E-state index contributed by atoms with van der Waals surface area (Å²) in [6.45, 7) is 6.71. The lowest BCUT2D eigenvalue weighted by atomic mass is 9.94. The number of nitrogens with two attached hydrogens (primary N) is 1.